The van der Waals surface area contributed by atoms with Gasteiger partial charge in [0.15, 0.2) is 0 Å². The van der Waals surface area contributed by atoms with Gasteiger partial charge in [-0.2, -0.15) is 5.10 Å². The highest BCUT2D eigenvalue weighted by Crippen LogP contribution is 2.29. The Morgan fingerprint density at radius 3 is 2.70 bits per heavy atom. The van der Waals surface area contributed by atoms with E-state index in [1.807, 2.05) is 23.2 Å². The van der Waals surface area contributed by atoms with Crippen molar-refractivity contribution in [1.29, 1.82) is 0 Å². The van der Waals surface area contributed by atoms with Crippen LogP contribution in [0.15, 0.2) is 42.6 Å². The first-order valence-electron chi connectivity index (χ1n) is 11.2. The van der Waals surface area contributed by atoms with Crippen LogP contribution in [0.4, 0.5) is 5.82 Å². The van der Waals surface area contributed by atoms with Crippen molar-refractivity contribution in [2.75, 3.05) is 18.4 Å². The Balaban J connectivity index is 1.22. The molecule has 1 aromatic carbocycles. The number of fused-ring (bicyclic) bond motifs is 1. The first kappa shape index (κ1) is 19.1. The summed E-state index contributed by atoms with van der Waals surface area (Å²) in [6.07, 6.45) is 9.22. The molecule has 0 bridgehead atoms. The fourth-order valence-corrected chi connectivity index (χ4v) is 4.76. The summed E-state index contributed by atoms with van der Waals surface area (Å²) in [4.78, 5) is 19.3. The van der Waals surface area contributed by atoms with Crippen molar-refractivity contribution in [3.63, 3.8) is 0 Å². The number of aromatic amines is 1. The molecule has 6 heteroatoms. The number of carbonyl (C=O) groups is 1. The molecule has 1 amide bonds. The van der Waals surface area contributed by atoms with E-state index in [0.29, 0.717) is 24.8 Å². The van der Waals surface area contributed by atoms with E-state index in [1.54, 1.807) is 0 Å². The number of benzene rings is 1. The molecule has 0 spiro atoms. The molecule has 156 valence electrons. The summed E-state index contributed by atoms with van der Waals surface area (Å²) in [6, 6.07) is 12.9. The fraction of sp³-hybridized carbons (Fsp3) is 0.458. The zero-order valence-corrected chi connectivity index (χ0v) is 17.3. The molecule has 3 aromatic rings. The van der Waals surface area contributed by atoms with Crippen LogP contribution in [-0.4, -0.2) is 45.1 Å². The standard InChI is InChI=1S/C24H29N5O/c30-22(29-15-18(16-29)17-7-3-1-4-8-17)12-11-20-23-21(28-27-20)13-14-25-24(23)26-19-9-5-2-6-10-19/h1,3-4,7-8,13-14,18-19H,2,5-6,9-12,15-16H2,(H,25,26)(H,27,28). The summed E-state index contributed by atoms with van der Waals surface area (Å²) in [7, 11) is 0. The second kappa shape index (κ2) is 8.46. The predicted molar refractivity (Wildman–Crippen MR) is 118 cm³/mol. The summed E-state index contributed by atoms with van der Waals surface area (Å²) >= 11 is 0. The van der Waals surface area contributed by atoms with E-state index in [9.17, 15) is 4.79 Å². The maximum absolute atomic E-state index is 12.7. The van der Waals surface area contributed by atoms with E-state index in [1.165, 1.54) is 37.7 Å². The Morgan fingerprint density at radius 1 is 1.10 bits per heavy atom. The van der Waals surface area contributed by atoms with Gasteiger partial charge in [-0.05, 0) is 24.5 Å². The summed E-state index contributed by atoms with van der Waals surface area (Å²) < 4.78 is 0. The molecule has 3 heterocycles. The number of likely N-dealkylation sites (tertiary alicyclic amines) is 1. The number of hydrogen-bond acceptors (Lipinski definition) is 4. The lowest BCUT2D eigenvalue weighted by Gasteiger charge is -2.39. The second-order valence-electron chi connectivity index (χ2n) is 8.64. The van der Waals surface area contributed by atoms with Crippen molar-refractivity contribution in [3.8, 4) is 0 Å². The van der Waals surface area contributed by atoms with E-state index in [2.05, 4.69) is 44.8 Å². The maximum atomic E-state index is 12.7. The van der Waals surface area contributed by atoms with Crippen molar-refractivity contribution < 1.29 is 4.79 Å². The lowest BCUT2D eigenvalue weighted by Crippen LogP contribution is -2.48. The number of carbonyl (C=O) groups excluding carboxylic acids is 1. The monoisotopic (exact) mass is 403 g/mol. The number of hydrogen-bond donors (Lipinski definition) is 2. The van der Waals surface area contributed by atoms with Gasteiger partial charge in [-0.1, -0.05) is 49.6 Å². The van der Waals surface area contributed by atoms with Crippen molar-refractivity contribution >= 4 is 22.6 Å². The molecular weight excluding hydrogens is 374 g/mol. The van der Waals surface area contributed by atoms with E-state index in [4.69, 9.17) is 0 Å². The minimum atomic E-state index is 0.212. The Morgan fingerprint density at radius 2 is 1.90 bits per heavy atom. The molecule has 0 unspecified atom stereocenters. The van der Waals surface area contributed by atoms with Gasteiger partial charge in [-0.15, -0.1) is 0 Å². The lowest BCUT2D eigenvalue weighted by molar-refractivity contribution is -0.135. The molecule has 2 aromatic heterocycles. The third-order valence-electron chi connectivity index (χ3n) is 6.58. The minimum Gasteiger partial charge on any atom is -0.367 e. The summed E-state index contributed by atoms with van der Waals surface area (Å²) in [5, 5.41) is 12.3. The van der Waals surface area contributed by atoms with Gasteiger partial charge in [-0.3, -0.25) is 9.89 Å². The number of nitrogens with one attached hydrogen (secondary N) is 2. The molecule has 1 aliphatic carbocycles. The summed E-state index contributed by atoms with van der Waals surface area (Å²) in [6.45, 7) is 1.64. The number of aryl methyl sites for hydroxylation is 1. The molecule has 2 N–H and O–H groups in total. The molecule has 30 heavy (non-hydrogen) atoms. The Bertz CT molecular complexity index is 1000. The second-order valence-corrected chi connectivity index (χ2v) is 8.64. The molecular formula is C24H29N5O. The first-order chi connectivity index (χ1) is 14.8. The van der Waals surface area contributed by atoms with Gasteiger partial charge >= 0.3 is 0 Å². The van der Waals surface area contributed by atoms with Crippen LogP contribution in [0.1, 0.15) is 55.7 Å². The van der Waals surface area contributed by atoms with E-state index >= 15 is 0 Å². The van der Waals surface area contributed by atoms with Crippen molar-refractivity contribution in [2.45, 2.75) is 56.9 Å². The topological polar surface area (TPSA) is 73.9 Å². The fourth-order valence-electron chi connectivity index (χ4n) is 4.76. The largest absolute Gasteiger partial charge is 0.367 e. The molecule has 1 aliphatic heterocycles. The van der Waals surface area contributed by atoms with Crippen molar-refractivity contribution in [3.05, 3.63) is 53.9 Å². The average molecular weight is 404 g/mol. The number of rotatable bonds is 6. The smallest absolute Gasteiger partial charge is 0.223 e. The zero-order chi connectivity index (χ0) is 20.3. The van der Waals surface area contributed by atoms with E-state index in [0.717, 1.165) is 35.5 Å². The average Bonchev–Trinajstić information content (AvgIpc) is 3.17. The maximum Gasteiger partial charge on any atom is 0.223 e. The number of aromatic nitrogens is 3. The van der Waals surface area contributed by atoms with Gasteiger partial charge in [0.25, 0.3) is 0 Å². The van der Waals surface area contributed by atoms with Gasteiger partial charge < -0.3 is 10.2 Å². The third-order valence-corrected chi connectivity index (χ3v) is 6.58. The predicted octanol–water partition coefficient (Wildman–Crippen LogP) is 4.26. The molecule has 2 aliphatic rings. The number of H-pyrrole nitrogens is 1. The Hall–Kier alpha value is -2.89. The molecule has 1 saturated carbocycles. The quantitative estimate of drug-likeness (QED) is 0.645. The van der Waals surface area contributed by atoms with Crippen LogP contribution in [0.25, 0.3) is 10.9 Å². The van der Waals surface area contributed by atoms with Crippen molar-refractivity contribution in [1.82, 2.24) is 20.1 Å². The van der Waals surface area contributed by atoms with E-state index in [-0.39, 0.29) is 5.91 Å². The van der Waals surface area contributed by atoms with Gasteiger partial charge in [0.2, 0.25) is 5.91 Å². The highest BCUT2D eigenvalue weighted by Gasteiger charge is 2.31. The highest BCUT2D eigenvalue weighted by atomic mass is 16.2. The van der Waals surface area contributed by atoms with Gasteiger partial charge in [-0.25, -0.2) is 4.98 Å². The van der Waals surface area contributed by atoms with Crippen LogP contribution in [0.2, 0.25) is 0 Å². The SMILES string of the molecule is O=C(CCc1n[nH]c2ccnc(NC3CCCCC3)c12)N1CC(c2ccccc2)C1. The van der Waals surface area contributed by atoms with Crippen LogP contribution in [0, 0.1) is 0 Å². The van der Waals surface area contributed by atoms with Crippen LogP contribution in [-0.2, 0) is 11.2 Å². The highest BCUT2D eigenvalue weighted by molar-refractivity contribution is 5.92. The number of amides is 1. The summed E-state index contributed by atoms with van der Waals surface area (Å²) in [5.74, 6) is 1.59. The lowest BCUT2D eigenvalue weighted by atomic mass is 9.91. The van der Waals surface area contributed by atoms with Gasteiger partial charge in [0, 0.05) is 44.1 Å². The molecule has 5 rings (SSSR count). The zero-order valence-electron chi connectivity index (χ0n) is 17.3. The number of pyridine rings is 1. The third kappa shape index (κ3) is 3.91. The van der Waals surface area contributed by atoms with Crippen LogP contribution in [0.3, 0.4) is 0 Å². The number of anilines is 1. The Labute approximate surface area is 177 Å². The molecule has 6 nitrogen and oxygen atoms in total. The van der Waals surface area contributed by atoms with Gasteiger partial charge in [0.1, 0.15) is 5.82 Å². The van der Waals surface area contributed by atoms with Gasteiger partial charge in [0.05, 0.1) is 16.6 Å². The van der Waals surface area contributed by atoms with Crippen LogP contribution < -0.4 is 5.32 Å². The van der Waals surface area contributed by atoms with Crippen LogP contribution in [0.5, 0.6) is 0 Å². The minimum absolute atomic E-state index is 0.212. The van der Waals surface area contributed by atoms with Crippen LogP contribution >= 0.6 is 0 Å². The molecule has 1 saturated heterocycles. The summed E-state index contributed by atoms with van der Waals surface area (Å²) in [5.41, 5.74) is 3.24. The molecule has 0 radical (unpaired) electrons. The number of nitrogens with zero attached hydrogens (tertiary/aromatic N) is 3. The molecule has 0 atom stereocenters. The molecule has 2 fully saturated rings. The van der Waals surface area contributed by atoms with E-state index < -0.39 is 0 Å². The van der Waals surface area contributed by atoms with Crippen molar-refractivity contribution in [2.24, 2.45) is 0 Å². The first-order valence-corrected chi connectivity index (χ1v) is 11.2. The normalized spacial score (nSPS) is 17.8. The Kier molecular flexibility index (Phi) is 5.39.